The van der Waals surface area contributed by atoms with E-state index in [1.807, 2.05) is 19.2 Å². The van der Waals surface area contributed by atoms with Crippen LogP contribution < -0.4 is 4.90 Å². The number of rotatable bonds is 2. The number of nitriles is 1. The summed E-state index contributed by atoms with van der Waals surface area (Å²) in [5.41, 5.74) is 1.56. The Morgan fingerprint density at radius 2 is 1.95 bits per heavy atom. The maximum atomic E-state index is 9.28. The minimum absolute atomic E-state index is 0.338. The van der Waals surface area contributed by atoms with Crippen LogP contribution in [0.2, 0.25) is 5.02 Å². The Morgan fingerprint density at radius 3 is 2.57 bits per heavy atom. The van der Waals surface area contributed by atoms with Crippen molar-refractivity contribution in [1.82, 2.24) is 0 Å². The molecule has 0 amide bonds. The SMILES string of the molecule is CN(c1ccc(Cl)cc1C#N)C1CCC2(CC1)OCCO2. The monoisotopic (exact) mass is 306 g/mol. The number of hydrogen-bond acceptors (Lipinski definition) is 4. The van der Waals surface area contributed by atoms with Crippen molar-refractivity contribution >= 4 is 17.3 Å². The Hall–Kier alpha value is -1.28. The van der Waals surface area contributed by atoms with Crippen molar-refractivity contribution in [3.05, 3.63) is 28.8 Å². The number of ether oxygens (including phenoxy) is 2. The van der Waals surface area contributed by atoms with E-state index in [0.29, 0.717) is 29.8 Å². The van der Waals surface area contributed by atoms with Crippen molar-refractivity contribution in [3.8, 4) is 6.07 Å². The fourth-order valence-electron chi connectivity index (χ4n) is 3.32. The van der Waals surface area contributed by atoms with Gasteiger partial charge in [-0.1, -0.05) is 11.6 Å². The van der Waals surface area contributed by atoms with Gasteiger partial charge in [-0.15, -0.1) is 0 Å². The van der Waals surface area contributed by atoms with Crippen LogP contribution in [0.3, 0.4) is 0 Å². The van der Waals surface area contributed by atoms with E-state index in [9.17, 15) is 5.26 Å². The summed E-state index contributed by atoms with van der Waals surface area (Å²) in [5, 5.41) is 9.88. The Balaban J connectivity index is 1.72. The van der Waals surface area contributed by atoms with Crippen molar-refractivity contribution in [3.63, 3.8) is 0 Å². The van der Waals surface area contributed by atoms with Crippen molar-refractivity contribution in [2.24, 2.45) is 0 Å². The highest BCUT2D eigenvalue weighted by Crippen LogP contribution is 2.38. The topological polar surface area (TPSA) is 45.5 Å². The van der Waals surface area contributed by atoms with Gasteiger partial charge in [0.2, 0.25) is 0 Å². The second kappa shape index (κ2) is 5.84. The molecule has 0 unspecified atom stereocenters. The maximum absolute atomic E-state index is 9.28. The van der Waals surface area contributed by atoms with Gasteiger partial charge in [-0.3, -0.25) is 0 Å². The predicted octanol–water partition coefficient (Wildman–Crippen LogP) is 3.33. The normalized spacial score (nSPS) is 21.4. The fourth-order valence-corrected chi connectivity index (χ4v) is 3.49. The first-order valence-corrected chi connectivity index (χ1v) is 7.72. The van der Waals surface area contributed by atoms with Gasteiger partial charge < -0.3 is 14.4 Å². The van der Waals surface area contributed by atoms with Crippen molar-refractivity contribution in [2.75, 3.05) is 25.2 Å². The fraction of sp³-hybridized carbons (Fsp3) is 0.562. The summed E-state index contributed by atoms with van der Waals surface area (Å²) in [5.74, 6) is -0.338. The second-order valence-corrected chi connectivity index (χ2v) is 6.16. The highest BCUT2D eigenvalue weighted by atomic mass is 35.5. The van der Waals surface area contributed by atoms with Gasteiger partial charge in [-0.25, -0.2) is 0 Å². The molecule has 1 spiro atoms. The van der Waals surface area contributed by atoms with Gasteiger partial charge in [0.15, 0.2) is 5.79 Å². The second-order valence-electron chi connectivity index (χ2n) is 5.72. The summed E-state index contributed by atoms with van der Waals surface area (Å²) in [6.07, 6.45) is 3.84. The number of anilines is 1. The average Bonchev–Trinajstić information content (AvgIpc) is 2.95. The first-order valence-electron chi connectivity index (χ1n) is 7.34. The average molecular weight is 307 g/mol. The molecule has 0 N–H and O–H groups in total. The first-order chi connectivity index (χ1) is 10.1. The first kappa shape index (κ1) is 14.6. The molecule has 1 aliphatic heterocycles. The largest absolute Gasteiger partial charge is 0.371 e. The molecule has 0 atom stereocenters. The van der Waals surface area contributed by atoms with E-state index in [-0.39, 0.29) is 5.79 Å². The third-order valence-corrected chi connectivity index (χ3v) is 4.77. The Morgan fingerprint density at radius 1 is 1.29 bits per heavy atom. The summed E-state index contributed by atoms with van der Waals surface area (Å²) in [6.45, 7) is 1.41. The number of halogens is 1. The number of hydrogen-bond donors (Lipinski definition) is 0. The Labute approximate surface area is 130 Å². The minimum atomic E-state index is -0.338. The summed E-state index contributed by atoms with van der Waals surface area (Å²) >= 11 is 5.97. The van der Waals surface area contributed by atoms with Crippen LogP contribution in [0.25, 0.3) is 0 Å². The molecule has 1 heterocycles. The van der Waals surface area contributed by atoms with Gasteiger partial charge in [0, 0.05) is 31.0 Å². The van der Waals surface area contributed by atoms with Crippen LogP contribution >= 0.6 is 11.6 Å². The van der Waals surface area contributed by atoms with Crippen LogP contribution in [0.5, 0.6) is 0 Å². The highest BCUT2D eigenvalue weighted by molar-refractivity contribution is 6.30. The summed E-state index contributed by atoms with van der Waals surface area (Å²) < 4.78 is 11.5. The zero-order chi connectivity index (χ0) is 14.9. The lowest BCUT2D eigenvalue weighted by Crippen LogP contribution is -2.43. The molecular formula is C16H19ClN2O2. The molecule has 1 saturated carbocycles. The van der Waals surface area contributed by atoms with E-state index in [0.717, 1.165) is 31.4 Å². The van der Waals surface area contributed by atoms with E-state index in [1.165, 1.54) is 0 Å². The van der Waals surface area contributed by atoms with Crippen LogP contribution in [0.4, 0.5) is 5.69 Å². The van der Waals surface area contributed by atoms with Crippen LogP contribution in [-0.2, 0) is 9.47 Å². The Kier molecular flexibility index (Phi) is 4.08. The van der Waals surface area contributed by atoms with Gasteiger partial charge in [0.25, 0.3) is 0 Å². The molecule has 0 bridgehead atoms. The summed E-state index contributed by atoms with van der Waals surface area (Å²) in [6, 6.07) is 8.11. The molecule has 1 saturated heterocycles. The lowest BCUT2D eigenvalue weighted by molar-refractivity contribution is -0.178. The third kappa shape index (κ3) is 2.87. The zero-order valence-corrected chi connectivity index (χ0v) is 12.9. The van der Waals surface area contributed by atoms with Crippen LogP contribution in [0.1, 0.15) is 31.2 Å². The van der Waals surface area contributed by atoms with Crippen molar-refractivity contribution in [1.29, 1.82) is 5.26 Å². The van der Waals surface area contributed by atoms with E-state index < -0.39 is 0 Å². The molecule has 0 aromatic heterocycles. The minimum Gasteiger partial charge on any atom is -0.371 e. The zero-order valence-electron chi connectivity index (χ0n) is 12.1. The Bertz CT molecular complexity index is 554. The molecule has 112 valence electrons. The van der Waals surface area contributed by atoms with Gasteiger partial charge >= 0.3 is 0 Å². The quantitative estimate of drug-likeness (QED) is 0.840. The molecule has 2 aliphatic rings. The molecule has 1 aliphatic carbocycles. The highest BCUT2D eigenvalue weighted by Gasteiger charge is 2.41. The van der Waals surface area contributed by atoms with E-state index in [2.05, 4.69) is 11.0 Å². The molecule has 1 aromatic rings. The van der Waals surface area contributed by atoms with Gasteiger partial charge in [-0.05, 0) is 31.0 Å². The molecular weight excluding hydrogens is 288 g/mol. The van der Waals surface area contributed by atoms with Gasteiger partial charge in [0.05, 0.1) is 24.5 Å². The van der Waals surface area contributed by atoms with Crippen molar-refractivity contribution < 1.29 is 9.47 Å². The molecule has 3 rings (SSSR count). The van der Waals surface area contributed by atoms with E-state index in [4.69, 9.17) is 21.1 Å². The van der Waals surface area contributed by atoms with Crippen LogP contribution in [0.15, 0.2) is 18.2 Å². The van der Waals surface area contributed by atoms with E-state index in [1.54, 1.807) is 6.07 Å². The molecule has 4 nitrogen and oxygen atoms in total. The lowest BCUT2D eigenvalue weighted by Gasteiger charge is -2.40. The van der Waals surface area contributed by atoms with Gasteiger partial charge in [0.1, 0.15) is 6.07 Å². The standard InChI is InChI=1S/C16H19ClN2O2/c1-19(15-3-2-13(17)10-12(15)11-18)14-4-6-16(7-5-14)20-8-9-21-16/h2-3,10,14H,4-9H2,1H3. The third-order valence-electron chi connectivity index (χ3n) is 4.54. The van der Waals surface area contributed by atoms with Crippen LogP contribution in [0, 0.1) is 11.3 Å². The number of benzene rings is 1. The maximum Gasteiger partial charge on any atom is 0.168 e. The smallest absolute Gasteiger partial charge is 0.168 e. The molecule has 5 heteroatoms. The van der Waals surface area contributed by atoms with E-state index >= 15 is 0 Å². The summed E-state index contributed by atoms with van der Waals surface area (Å²) in [7, 11) is 2.04. The molecule has 21 heavy (non-hydrogen) atoms. The number of nitrogens with zero attached hydrogens (tertiary/aromatic N) is 2. The summed E-state index contributed by atoms with van der Waals surface area (Å²) in [4.78, 5) is 2.19. The van der Waals surface area contributed by atoms with Crippen molar-refractivity contribution in [2.45, 2.75) is 37.5 Å². The van der Waals surface area contributed by atoms with Gasteiger partial charge in [-0.2, -0.15) is 5.26 Å². The lowest BCUT2D eigenvalue weighted by atomic mass is 9.89. The van der Waals surface area contributed by atoms with Crippen LogP contribution in [-0.4, -0.2) is 32.1 Å². The molecule has 1 aromatic carbocycles. The molecule has 0 radical (unpaired) electrons. The molecule has 2 fully saturated rings. The predicted molar refractivity (Wildman–Crippen MR) is 81.5 cm³/mol.